The normalized spacial score (nSPS) is 20.0. The van der Waals surface area contributed by atoms with E-state index in [9.17, 15) is 8.78 Å². The first-order valence-electron chi connectivity index (χ1n) is 9.53. The lowest BCUT2D eigenvalue weighted by Crippen LogP contribution is -2.49. The minimum atomic E-state index is -0.421. The summed E-state index contributed by atoms with van der Waals surface area (Å²) in [7, 11) is 0. The van der Waals surface area contributed by atoms with E-state index in [-0.39, 0.29) is 29.8 Å². The first kappa shape index (κ1) is 22.6. The molecule has 0 bridgehead atoms. The van der Waals surface area contributed by atoms with Crippen molar-refractivity contribution in [1.29, 1.82) is 0 Å². The van der Waals surface area contributed by atoms with Gasteiger partial charge in [0, 0.05) is 38.6 Å². The Kier molecular flexibility index (Phi) is 8.65. The maximum absolute atomic E-state index is 13.8. The van der Waals surface area contributed by atoms with Crippen molar-refractivity contribution < 1.29 is 8.78 Å². The van der Waals surface area contributed by atoms with Gasteiger partial charge in [0.1, 0.15) is 11.6 Å². The van der Waals surface area contributed by atoms with Gasteiger partial charge in [-0.2, -0.15) is 0 Å². The van der Waals surface area contributed by atoms with Crippen LogP contribution < -0.4 is 5.32 Å². The third-order valence-electron chi connectivity index (χ3n) is 5.11. The van der Waals surface area contributed by atoms with Crippen molar-refractivity contribution >= 4 is 29.9 Å². The van der Waals surface area contributed by atoms with Gasteiger partial charge in [0.15, 0.2) is 5.96 Å². The van der Waals surface area contributed by atoms with Crippen LogP contribution in [0.1, 0.15) is 31.9 Å². The van der Waals surface area contributed by atoms with Crippen LogP contribution in [0.25, 0.3) is 0 Å². The minimum Gasteiger partial charge on any atom is -0.357 e. The summed E-state index contributed by atoms with van der Waals surface area (Å²) >= 11 is 0. The molecule has 1 fully saturated rings. The predicted molar refractivity (Wildman–Crippen MR) is 118 cm³/mol. The number of hydrogen-bond acceptors (Lipinski definition) is 2. The number of likely N-dealkylation sites (tertiary alicyclic amines) is 1. The average Bonchev–Trinajstić information content (AvgIpc) is 3.19. The van der Waals surface area contributed by atoms with Crippen molar-refractivity contribution in [3.05, 3.63) is 54.1 Å². The summed E-state index contributed by atoms with van der Waals surface area (Å²) in [5.41, 5.74) is 0.359. The Balaban J connectivity index is 0.00000280. The predicted octanol–water partition coefficient (Wildman–Crippen LogP) is 3.87. The molecule has 1 aromatic carbocycles. The van der Waals surface area contributed by atoms with E-state index >= 15 is 0 Å². The third kappa shape index (κ3) is 5.65. The van der Waals surface area contributed by atoms with E-state index in [4.69, 9.17) is 0 Å². The van der Waals surface area contributed by atoms with E-state index in [1.165, 1.54) is 12.1 Å². The van der Waals surface area contributed by atoms with Crippen LogP contribution in [0.15, 0.2) is 41.9 Å². The van der Waals surface area contributed by atoms with Crippen molar-refractivity contribution in [2.75, 3.05) is 26.2 Å². The molecular formula is C20H28F2IN5. The summed E-state index contributed by atoms with van der Waals surface area (Å²) in [5, 5.41) is 3.33. The highest BCUT2D eigenvalue weighted by atomic mass is 127. The van der Waals surface area contributed by atoms with Crippen molar-refractivity contribution in [2.45, 2.75) is 32.7 Å². The van der Waals surface area contributed by atoms with Crippen molar-refractivity contribution in [2.24, 2.45) is 10.9 Å². The Morgan fingerprint density at radius 2 is 2.18 bits per heavy atom. The molecule has 1 aliphatic rings. The van der Waals surface area contributed by atoms with Gasteiger partial charge < -0.3 is 14.8 Å². The molecule has 3 rings (SSSR count). The maximum Gasteiger partial charge on any atom is 0.193 e. The van der Waals surface area contributed by atoms with Crippen molar-refractivity contribution in [3.8, 4) is 0 Å². The smallest absolute Gasteiger partial charge is 0.193 e. The van der Waals surface area contributed by atoms with Crippen molar-refractivity contribution in [3.63, 3.8) is 0 Å². The fourth-order valence-electron chi connectivity index (χ4n) is 3.54. The van der Waals surface area contributed by atoms with E-state index in [1.807, 2.05) is 19.4 Å². The lowest BCUT2D eigenvalue weighted by atomic mass is 9.93. The van der Waals surface area contributed by atoms with Crippen LogP contribution in [0.4, 0.5) is 8.78 Å². The quantitative estimate of drug-likeness (QED) is 0.383. The zero-order chi connectivity index (χ0) is 19.2. The maximum atomic E-state index is 13.8. The van der Waals surface area contributed by atoms with Gasteiger partial charge in [-0.1, -0.05) is 6.92 Å². The van der Waals surface area contributed by atoms with E-state index < -0.39 is 5.82 Å². The largest absolute Gasteiger partial charge is 0.357 e. The number of hydrogen-bond donors (Lipinski definition) is 1. The standard InChI is InChI=1S/C20H27F2N5.HI/c1-3-24-20(25-8-6-16-12-17(21)4-5-18(16)22)26-10-7-15(2)19(13-26)27-11-9-23-14-27;/h4-5,9,11-12,14-15,19H,3,6-8,10,13H2,1-2H3,(H,24,25);1H. The number of benzene rings is 1. The minimum absolute atomic E-state index is 0. The van der Waals surface area contributed by atoms with Gasteiger partial charge in [-0.15, -0.1) is 24.0 Å². The first-order chi connectivity index (χ1) is 13.1. The summed E-state index contributed by atoms with van der Waals surface area (Å²) in [5.74, 6) is 0.574. The van der Waals surface area contributed by atoms with Gasteiger partial charge in [0.2, 0.25) is 0 Å². The zero-order valence-electron chi connectivity index (χ0n) is 16.3. The lowest BCUT2D eigenvalue weighted by Gasteiger charge is -2.39. The summed E-state index contributed by atoms with van der Waals surface area (Å²) < 4.78 is 29.3. The molecule has 2 aromatic rings. The molecule has 1 saturated heterocycles. The molecule has 28 heavy (non-hydrogen) atoms. The van der Waals surface area contributed by atoms with Crippen LogP contribution in [0, 0.1) is 17.6 Å². The van der Waals surface area contributed by atoms with Crippen molar-refractivity contribution in [1.82, 2.24) is 19.8 Å². The number of aromatic nitrogens is 2. The number of rotatable bonds is 5. The fraction of sp³-hybridized carbons (Fsp3) is 0.500. The number of aliphatic imine (C=N–C) groups is 1. The second-order valence-electron chi connectivity index (χ2n) is 7.01. The molecule has 8 heteroatoms. The van der Waals surface area contributed by atoms with Crippen LogP contribution in [0.3, 0.4) is 0 Å². The van der Waals surface area contributed by atoms with Crippen LogP contribution in [0.2, 0.25) is 0 Å². The molecule has 0 amide bonds. The van der Waals surface area contributed by atoms with E-state index in [0.29, 0.717) is 30.5 Å². The monoisotopic (exact) mass is 503 g/mol. The average molecular weight is 503 g/mol. The van der Waals surface area contributed by atoms with Gasteiger partial charge in [-0.05, 0) is 49.4 Å². The van der Waals surface area contributed by atoms with Crippen LogP contribution in [0.5, 0.6) is 0 Å². The van der Waals surface area contributed by atoms with E-state index in [0.717, 1.165) is 38.1 Å². The number of guanidine groups is 1. The van der Waals surface area contributed by atoms with E-state index in [1.54, 1.807) is 6.20 Å². The van der Waals surface area contributed by atoms with Gasteiger partial charge in [-0.3, -0.25) is 4.99 Å². The molecule has 0 radical (unpaired) electrons. The van der Waals surface area contributed by atoms with E-state index in [2.05, 4.69) is 31.7 Å². The van der Waals surface area contributed by atoms with Crippen LogP contribution in [-0.2, 0) is 6.42 Å². The molecule has 1 aromatic heterocycles. The summed E-state index contributed by atoms with van der Waals surface area (Å²) in [6.45, 7) is 7.23. The number of nitrogens with one attached hydrogen (secondary N) is 1. The zero-order valence-corrected chi connectivity index (χ0v) is 18.6. The highest BCUT2D eigenvalue weighted by Gasteiger charge is 2.28. The van der Waals surface area contributed by atoms with Crippen LogP contribution in [-0.4, -0.2) is 46.6 Å². The highest BCUT2D eigenvalue weighted by molar-refractivity contribution is 14.0. The molecule has 0 aliphatic carbocycles. The molecule has 0 spiro atoms. The lowest BCUT2D eigenvalue weighted by molar-refractivity contribution is 0.189. The summed E-state index contributed by atoms with van der Waals surface area (Å²) in [6.07, 6.45) is 7.10. The fourth-order valence-corrected chi connectivity index (χ4v) is 3.54. The molecular weight excluding hydrogens is 475 g/mol. The summed E-state index contributed by atoms with van der Waals surface area (Å²) in [4.78, 5) is 11.1. The second kappa shape index (κ2) is 10.7. The molecule has 5 nitrogen and oxygen atoms in total. The van der Waals surface area contributed by atoms with Crippen LogP contribution >= 0.6 is 24.0 Å². The molecule has 1 N–H and O–H groups in total. The molecule has 154 valence electrons. The SMILES string of the molecule is CCNC(=NCCc1cc(F)ccc1F)N1CCC(C)C(n2ccnc2)C1.I. The topological polar surface area (TPSA) is 45.5 Å². The van der Waals surface area contributed by atoms with Gasteiger partial charge in [0.05, 0.1) is 12.4 Å². The van der Waals surface area contributed by atoms with Gasteiger partial charge in [-0.25, -0.2) is 13.8 Å². The molecule has 2 atom stereocenters. The number of halogens is 3. The Morgan fingerprint density at radius 1 is 1.36 bits per heavy atom. The molecule has 2 heterocycles. The second-order valence-corrected chi connectivity index (χ2v) is 7.01. The molecule has 2 unspecified atom stereocenters. The number of nitrogens with zero attached hydrogens (tertiary/aromatic N) is 4. The molecule has 1 aliphatic heterocycles. The number of imidazole rings is 1. The Labute approximate surface area is 182 Å². The first-order valence-corrected chi connectivity index (χ1v) is 9.53. The number of piperidine rings is 1. The molecule has 0 saturated carbocycles. The summed E-state index contributed by atoms with van der Waals surface area (Å²) in [6, 6.07) is 3.89. The highest BCUT2D eigenvalue weighted by Crippen LogP contribution is 2.27. The Bertz CT molecular complexity index is 766. The van der Waals surface area contributed by atoms with Gasteiger partial charge in [0.25, 0.3) is 0 Å². The third-order valence-corrected chi connectivity index (χ3v) is 5.11. The Hall–Kier alpha value is -1.71. The van der Waals surface area contributed by atoms with Gasteiger partial charge >= 0.3 is 0 Å². The Morgan fingerprint density at radius 3 is 2.89 bits per heavy atom.